The van der Waals surface area contributed by atoms with E-state index in [1.165, 1.54) is 0 Å². The van der Waals surface area contributed by atoms with Gasteiger partial charge in [0.15, 0.2) is 0 Å². The molecule has 2 rings (SSSR count). The number of rotatable bonds is 1. The summed E-state index contributed by atoms with van der Waals surface area (Å²) in [7, 11) is 1.77. The highest BCUT2D eigenvalue weighted by Crippen LogP contribution is 2.20. The Bertz CT molecular complexity index is 420. The SMILES string of the molecule is C1#[S-](Sc2ccccn2)C=CC=C1. The van der Waals surface area contributed by atoms with Crippen LogP contribution in [0.15, 0.2) is 53.1 Å². The van der Waals surface area contributed by atoms with Gasteiger partial charge in [-0.3, -0.25) is 10.2 Å². The Morgan fingerprint density at radius 2 is 2.31 bits per heavy atom. The number of allylic oxidation sites excluding steroid dienone is 3. The van der Waals surface area contributed by atoms with Gasteiger partial charge in [0, 0.05) is 6.20 Å². The highest BCUT2D eigenvalue weighted by Gasteiger charge is 1.84. The maximum Gasteiger partial charge on any atom is 0.0751 e. The van der Waals surface area contributed by atoms with Crippen LogP contribution in [0.2, 0.25) is 0 Å². The standard InChI is InChI=1S/C10H8NS2/c1-4-8-13(9-5-1)12-10-6-2-3-7-11-10/h1-8H/q-1. The minimum absolute atomic E-state index is 0.0412. The normalized spacial score (nSPS) is 15.1. The first-order chi connectivity index (χ1) is 6.45. The lowest BCUT2D eigenvalue weighted by Crippen LogP contribution is -1.80. The number of nitrogens with zero attached hydrogens (tertiary/aromatic N) is 1. The van der Waals surface area contributed by atoms with Gasteiger partial charge in [0.1, 0.15) is 0 Å². The van der Waals surface area contributed by atoms with Crippen LogP contribution in [0.5, 0.6) is 0 Å². The maximum atomic E-state index is 4.24. The van der Waals surface area contributed by atoms with E-state index in [-0.39, 0.29) is 9.33 Å². The van der Waals surface area contributed by atoms with Crippen molar-refractivity contribution in [2.75, 3.05) is 0 Å². The van der Waals surface area contributed by atoms with Gasteiger partial charge in [0.2, 0.25) is 0 Å². The van der Waals surface area contributed by atoms with E-state index in [4.69, 9.17) is 0 Å². The first kappa shape index (κ1) is 8.70. The Kier molecular flexibility index (Phi) is 2.93. The largest absolute Gasteiger partial charge is 0.368 e. The van der Waals surface area contributed by atoms with Gasteiger partial charge in [-0.15, -0.1) is 0 Å². The molecule has 0 aliphatic carbocycles. The highest BCUT2D eigenvalue weighted by molar-refractivity contribution is 8.70. The van der Waals surface area contributed by atoms with E-state index in [1.807, 2.05) is 36.5 Å². The van der Waals surface area contributed by atoms with Crippen LogP contribution in [0.4, 0.5) is 0 Å². The number of hydrogen-bond donors (Lipinski definition) is 0. The van der Waals surface area contributed by atoms with Gasteiger partial charge in [-0.2, -0.15) is 5.41 Å². The van der Waals surface area contributed by atoms with E-state index >= 15 is 0 Å². The van der Waals surface area contributed by atoms with Crippen LogP contribution in [0.1, 0.15) is 0 Å². The second-order valence-corrected chi connectivity index (χ2v) is 5.62. The van der Waals surface area contributed by atoms with Crippen molar-refractivity contribution in [1.29, 1.82) is 0 Å². The summed E-state index contributed by atoms with van der Waals surface area (Å²) in [5.41, 5.74) is 0. The molecule has 13 heavy (non-hydrogen) atoms. The summed E-state index contributed by atoms with van der Waals surface area (Å²) in [5.74, 6) is 0. The zero-order valence-corrected chi connectivity index (χ0v) is 8.52. The summed E-state index contributed by atoms with van der Waals surface area (Å²) in [6, 6.07) is 5.95. The molecule has 1 aromatic rings. The average Bonchev–Trinajstić information content (AvgIpc) is 2.21. The Labute approximate surface area is 83.5 Å². The Morgan fingerprint density at radius 1 is 1.31 bits per heavy atom. The molecule has 0 aromatic carbocycles. The second kappa shape index (κ2) is 4.38. The van der Waals surface area contributed by atoms with Crippen LogP contribution < -0.4 is 0 Å². The maximum absolute atomic E-state index is 4.24. The van der Waals surface area contributed by atoms with Crippen LogP contribution in [0.25, 0.3) is 0 Å². The molecular weight excluding hydrogens is 198 g/mol. The fourth-order valence-electron chi connectivity index (χ4n) is 0.858. The molecule has 0 saturated carbocycles. The zero-order chi connectivity index (χ0) is 8.93. The molecule has 66 valence electrons. The lowest BCUT2D eigenvalue weighted by molar-refractivity contribution is 1.14. The molecule has 0 fully saturated rings. The van der Waals surface area contributed by atoms with E-state index in [0.29, 0.717) is 0 Å². The number of pyridine rings is 1. The van der Waals surface area contributed by atoms with Crippen molar-refractivity contribution in [2.24, 2.45) is 0 Å². The molecule has 0 N–H and O–H groups in total. The molecule has 1 aliphatic heterocycles. The minimum atomic E-state index is 0.0412. The molecule has 0 radical (unpaired) electrons. The van der Waals surface area contributed by atoms with Crippen molar-refractivity contribution in [3.8, 4) is 5.18 Å². The molecular formula is C10H8NS2-. The highest BCUT2D eigenvalue weighted by atomic mass is 33.1. The molecule has 1 aromatic heterocycles. The van der Waals surface area contributed by atoms with Gasteiger partial charge in [0.25, 0.3) is 0 Å². The van der Waals surface area contributed by atoms with Crippen molar-refractivity contribution in [2.45, 2.75) is 5.03 Å². The van der Waals surface area contributed by atoms with Crippen LogP contribution in [0.3, 0.4) is 0 Å². The van der Waals surface area contributed by atoms with Crippen molar-refractivity contribution in [3.63, 3.8) is 0 Å². The smallest absolute Gasteiger partial charge is 0.0751 e. The third-order valence-electron chi connectivity index (χ3n) is 1.41. The zero-order valence-electron chi connectivity index (χ0n) is 6.88. The Morgan fingerprint density at radius 3 is 3.00 bits per heavy atom. The van der Waals surface area contributed by atoms with Crippen molar-refractivity contribution in [3.05, 3.63) is 48.0 Å². The first-order valence-corrected chi connectivity index (χ1v) is 6.49. The van der Waals surface area contributed by atoms with Crippen LogP contribution in [-0.4, -0.2) is 4.98 Å². The van der Waals surface area contributed by atoms with Gasteiger partial charge >= 0.3 is 0 Å². The predicted molar refractivity (Wildman–Crippen MR) is 59.6 cm³/mol. The molecule has 0 saturated heterocycles. The fourth-order valence-corrected chi connectivity index (χ4v) is 3.43. The van der Waals surface area contributed by atoms with E-state index in [0.717, 1.165) is 5.03 Å². The third kappa shape index (κ3) is 2.52. The van der Waals surface area contributed by atoms with Gasteiger partial charge < -0.3 is 9.33 Å². The number of hydrogen-bond acceptors (Lipinski definition) is 3. The monoisotopic (exact) mass is 206 g/mol. The van der Waals surface area contributed by atoms with E-state index in [2.05, 4.69) is 21.7 Å². The van der Waals surface area contributed by atoms with Gasteiger partial charge in [-0.25, -0.2) is 10.8 Å². The van der Waals surface area contributed by atoms with Crippen LogP contribution >= 0.6 is 10.8 Å². The minimum Gasteiger partial charge on any atom is -0.368 e. The molecule has 0 atom stereocenters. The summed E-state index contributed by atoms with van der Waals surface area (Å²) in [6.45, 7) is 0. The topological polar surface area (TPSA) is 12.9 Å². The summed E-state index contributed by atoms with van der Waals surface area (Å²) in [5, 5.41) is 6.44. The predicted octanol–water partition coefficient (Wildman–Crippen LogP) is 2.75. The molecule has 1 aliphatic rings. The molecule has 1 nitrogen and oxygen atoms in total. The lowest BCUT2D eigenvalue weighted by atomic mass is 10.5. The van der Waals surface area contributed by atoms with Crippen LogP contribution in [-0.2, 0) is 9.33 Å². The van der Waals surface area contributed by atoms with Gasteiger partial charge in [-0.05, 0) is 18.2 Å². The first-order valence-electron chi connectivity index (χ1n) is 3.87. The average molecular weight is 206 g/mol. The van der Waals surface area contributed by atoms with E-state index < -0.39 is 0 Å². The summed E-state index contributed by atoms with van der Waals surface area (Å²) >= 11 is 0. The molecule has 0 amide bonds. The second-order valence-electron chi connectivity index (χ2n) is 2.35. The van der Waals surface area contributed by atoms with Crippen molar-refractivity contribution >= 4 is 20.1 Å². The summed E-state index contributed by atoms with van der Waals surface area (Å²) in [4.78, 5) is 4.24. The summed E-state index contributed by atoms with van der Waals surface area (Å²) in [6.07, 6.45) is 7.81. The lowest BCUT2D eigenvalue weighted by Gasteiger charge is -2.14. The van der Waals surface area contributed by atoms with Crippen molar-refractivity contribution in [1.82, 2.24) is 4.98 Å². The molecule has 0 spiro atoms. The van der Waals surface area contributed by atoms with Gasteiger partial charge in [-0.1, -0.05) is 18.2 Å². The quantitative estimate of drug-likeness (QED) is 0.517. The number of aromatic nitrogens is 1. The summed E-state index contributed by atoms with van der Waals surface area (Å²) < 4.78 is 0. The Hall–Kier alpha value is -0.890. The molecule has 3 heteroatoms. The molecule has 0 unspecified atom stereocenters. The van der Waals surface area contributed by atoms with E-state index in [9.17, 15) is 0 Å². The van der Waals surface area contributed by atoms with Crippen molar-refractivity contribution < 1.29 is 0 Å². The Balaban J connectivity index is 2.16. The molecule has 0 bridgehead atoms. The van der Waals surface area contributed by atoms with Crippen LogP contribution in [0, 0.1) is 5.18 Å². The van der Waals surface area contributed by atoms with E-state index in [1.54, 1.807) is 10.8 Å². The molecule has 2 heterocycles. The third-order valence-corrected chi connectivity index (χ3v) is 4.44. The van der Waals surface area contributed by atoms with Gasteiger partial charge in [0.05, 0.1) is 5.03 Å². The fraction of sp³-hybridized carbons (Fsp3) is 0.